The van der Waals surface area contributed by atoms with Crippen molar-refractivity contribution in [2.75, 3.05) is 57.4 Å². The Labute approximate surface area is 223 Å². The average molecular weight is 553 g/mol. The lowest BCUT2D eigenvalue weighted by molar-refractivity contribution is 0.0730. The molecule has 1 saturated heterocycles. The number of hydrogen-bond acceptors (Lipinski definition) is 7. The van der Waals surface area contributed by atoms with Crippen molar-refractivity contribution >= 4 is 55.0 Å². The predicted octanol–water partition coefficient (Wildman–Crippen LogP) is 4.04. The van der Waals surface area contributed by atoms with Crippen molar-refractivity contribution in [2.45, 2.75) is 25.7 Å². The Kier molecular flexibility index (Phi) is 9.85. The van der Waals surface area contributed by atoms with E-state index >= 15 is 0 Å². The molecule has 1 aliphatic rings. The van der Waals surface area contributed by atoms with Crippen LogP contribution in [0.15, 0.2) is 47.4 Å². The third-order valence-electron chi connectivity index (χ3n) is 6.25. The van der Waals surface area contributed by atoms with Crippen molar-refractivity contribution in [1.29, 1.82) is 0 Å². The lowest BCUT2D eigenvalue weighted by Crippen LogP contribution is -2.40. The smallest absolute Gasteiger partial charge is 0.260 e. The normalized spacial score (nSPS) is 14.7. The van der Waals surface area contributed by atoms with E-state index in [1.807, 2.05) is 19.1 Å². The summed E-state index contributed by atoms with van der Waals surface area (Å²) in [7, 11) is -3.62. The van der Waals surface area contributed by atoms with Crippen LogP contribution in [-0.4, -0.2) is 81.0 Å². The fourth-order valence-corrected chi connectivity index (χ4v) is 6.56. The average Bonchev–Trinajstić information content (AvgIpc) is 3.29. The van der Waals surface area contributed by atoms with Gasteiger partial charge in [-0.1, -0.05) is 31.3 Å². The molecule has 8 nitrogen and oxygen atoms in total. The molecular weight excluding hydrogens is 520 g/mol. The van der Waals surface area contributed by atoms with Crippen molar-refractivity contribution in [3.63, 3.8) is 0 Å². The first-order valence-corrected chi connectivity index (χ1v) is 14.2. The Morgan fingerprint density at radius 2 is 1.72 bits per heavy atom. The number of aryl methyl sites for hydroxylation is 1. The van der Waals surface area contributed by atoms with E-state index in [2.05, 4.69) is 24.8 Å². The van der Waals surface area contributed by atoms with Crippen molar-refractivity contribution in [1.82, 2.24) is 14.2 Å². The fraction of sp³-hybridized carbons (Fsp3) is 0.440. The SMILES string of the molecule is CCN(CC)CCN(C(=O)c1ccc(S(=O)(=O)N2CCOCC2)cc1)c1nc2ccc(C)cc2s1.Cl. The number of likely N-dealkylation sites (N-methyl/N-ethyl adjacent to an activating group) is 1. The molecule has 1 aliphatic heterocycles. The van der Waals surface area contributed by atoms with E-state index in [1.165, 1.54) is 27.8 Å². The van der Waals surface area contributed by atoms with Crippen molar-refractivity contribution in [2.24, 2.45) is 0 Å². The minimum absolute atomic E-state index is 0. The van der Waals surface area contributed by atoms with E-state index in [1.54, 1.807) is 17.0 Å². The highest BCUT2D eigenvalue weighted by molar-refractivity contribution is 7.89. The number of nitrogens with zero attached hydrogens (tertiary/aromatic N) is 4. The molecule has 0 saturated carbocycles. The van der Waals surface area contributed by atoms with E-state index in [4.69, 9.17) is 9.72 Å². The van der Waals surface area contributed by atoms with Crippen LogP contribution in [0.2, 0.25) is 0 Å². The number of morpholine rings is 1. The molecule has 0 aliphatic carbocycles. The molecule has 0 bridgehead atoms. The van der Waals surface area contributed by atoms with E-state index < -0.39 is 10.0 Å². The predicted molar refractivity (Wildman–Crippen MR) is 147 cm³/mol. The summed E-state index contributed by atoms with van der Waals surface area (Å²) in [4.78, 5) is 22.5. The maximum atomic E-state index is 13.6. The van der Waals surface area contributed by atoms with Gasteiger partial charge in [0.05, 0.1) is 28.3 Å². The van der Waals surface area contributed by atoms with Crippen LogP contribution < -0.4 is 4.90 Å². The summed E-state index contributed by atoms with van der Waals surface area (Å²) in [5, 5.41) is 0.646. The number of amides is 1. The van der Waals surface area contributed by atoms with Gasteiger partial charge in [0.2, 0.25) is 10.0 Å². The Hall–Kier alpha value is -2.08. The summed E-state index contributed by atoms with van der Waals surface area (Å²) in [6.45, 7) is 10.7. The zero-order valence-corrected chi connectivity index (χ0v) is 23.3. The van der Waals surface area contributed by atoms with Crippen LogP contribution in [0.1, 0.15) is 29.8 Å². The molecular formula is C25H33ClN4O4S2. The topological polar surface area (TPSA) is 83.1 Å². The molecule has 11 heteroatoms. The first kappa shape index (κ1) is 28.5. The van der Waals surface area contributed by atoms with Gasteiger partial charge in [0.1, 0.15) is 0 Å². The van der Waals surface area contributed by atoms with Crippen molar-refractivity contribution in [3.05, 3.63) is 53.6 Å². The summed E-state index contributed by atoms with van der Waals surface area (Å²) >= 11 is 1.50. The number of carbonyl (C=O) groups is 1. The molecule has 0 atom stereocenters. The van der Waals surface area contributed by atoms with Gasteiger partial charge in [-0.2, -0.15) is 4.31 Å². The van der Waals surface area contributed by atoms with Crippen LogP contribution in [-0.2, 0) is 14.8 Å². The lowest BCUT2D eigenvalue weighted by Gasteiger charge is -2.26. The van der Waals surface area contributed by atoms with Gasteiger partial charge in [0.25, 0.3) is 5.91 Å². The zero-order valence-electron chi connectivity index (χ0n) is 20.8. The first-order chi connectivity index (χ1) is 16.8. The molecule has 196 valence electrons. The standard InChI is InChI=1S/C25H32N4O4S2.ClH/c1-4-27(5-2)12-13-29(25-26-22-11-6-19(3)18-23(22)34-25)24(30)20-7-9-21(10-8-20)35(31,32)28-14-16-33-17-15-28;/h6-11,18H,4-5,12-17H2,1-3H3;1H. The van der Waals surface area contributed by atoms with Crippen LogP contribution in [0.25, 0.3) is 10.2 Å². The molecule has 2 heterocycles. The Balaban J connectivity index is 0.00000361. The minimum atomic E-state index is -3.62. The Morgan fingerprint density at radius 1 is 1.06 bits per heavy atom. The highest BCUT2D eigenvalue weighted by atomic mass is 35.5. The fourth-order valence-electron chi connectivity index (χ4n) is 4.06. The number of rotatable bonds is 9. The monoisotopic (exact) mass is 552 g/mol. The van der Waals surface area contributed by atoms with Gasteiger partial charge in [-0.05, 0) is 62.0 Å². The Bertz CT molecular complexity index is 1270. The highest BCUT2D eigenvalue weighted by Gasteiger charge is 2.27. The van der Waals surface area contributed by atoms with Gasteiger partial charge >= 0.3 is 0 Å². The van der Waals surface area contributed by atoms with E-state index in [-0.39, 0.29) is 23.2 Å². The van der Waals surface area contributed by atoms with Crippen LogP contribution >= 0.6 is 23.7 Å². The minimum Gasteiger partial charge on any atom is -0.379 e. The molecule has 1 fully saturated rings. The van der Waals surface area contributed by atoms with E-state index in [9.17, 15) is 13.2 Å². The van der Waals surface area contributed by atoms with Gasteiger partial charge < -0.3 is 9.64 Å². The second-order valence-corrected chi connectivity index (χ2v) is 11.4. The molecule has 0 unspecified atom stereocenters. The number of carbonyl (C=O) groups excluding carboxylic acids is 1. The molecule has 4 rings (SSSR count). The van der Waals surface area contributed by atoms with Crippen LogP contribution in [0, 0.1) is 6.92 Å². The maximum Gasteiger partial charge on any atom is 0.260 e. The van der Waals surface area contributed by atoms with Gasteiger partial charge in [-0.3, -0.25) is 9.69 Å². The summed E-state index contributed by atoms with van der Waals surface area (Å²) < 4.78 is 33.6. The number of benzene rings is 2. The molecule has 0 spiro atoms. The Morgan fingerprint density at radius 3 is 2.36 bits per heavy atom. The molecule has 36 heavy (non-hydrogen) atoms. The van der Waals surface area contributed by atoms with Crippen LogP contribution in [0.3, 0.4) is 0 Å². The van der Waals surface area contributed by atoms with Crippen molar-refractivity contribution in [3.8, 4) is 0 Å². The summed E-state index contributed by atoms with van der Waals surface area (Å²) in [5.74, 6) is -0.191. The third kappa shape index (κ3) is 6.24. The third-order valence-corrected chi connectivity index (χ3v) is 9.21. The second-order valence-electron chi connectivity index (χ2n) is 8.49. The number of fused-ring (bicyclic) bond motifs is 1. The number of sulfonamides is 1. The van der Waals surface area contributed by atoms with Gasteiger partial charge in [-0.25, -0.2) is 13.4 Å². The van der Waals surface area contributed by atoms with Crippen LogP contribution in [0.5, 0.6) is 0 Å². The molecule has 0 N–H and O–H groups in total. The van der Waals surface area contributed by atoms with Crippen molar-refractivity contribution < 1.29 is 17.9 Å². The van der Waals surface area contributed by atoms with Gasteiger partial charge in [0, 0.05) is 31.7 Å². The molecule has 0 radical (unpaired) electrons. The van der Waals surface area contributed by atoms with Crippen LogP contribution in [0.4, 0.5) is 5.13 Å². The number of hydrogen-bond donors (Lipinski definition) is 0. The van der Waals surface area contributed by atoms with Gasteiger partial charge in [0.15, 0.2) is 5.13 Å². The largest absolute Gasteiger partial charge is 0.379 e. The molecule has 1 amide bonds. The quantitative estimate of drug-likeness (QED) is 0.398. The number of ether oxygens (including phenoxy) is 1. The number of anilines is 1. The molecule has 3 aromatic rings. The molecule has 2 aromatic carbocycles. The second kappa shape index (κ2) is 12.4. The number of halogens is 1. The molecule has 1 aromatic heterocycles. The zero-order chi connectivity index (χ0) is 25.0. The summed E-state index contributed by atoms with van der Waals surface area (Å²) in [5.41, 5.74) is 2.44. The van der Waals surface area contributed by atoms with E-state index in [0.717, 1.165) is 35.4 Å². The first-order valence-electron chi connectivity index (χ1n) is 11.9. The van der Waals surface area contributed by atoms with E-state index in [0.29, 0.717) is 43.5 Å². The lowest BCUT2D eigenvalue weighted by atomic mass is 10.2. The maximum absolute atomic E-state index is 13.6. The summed E-state index contributed by atoms with van der Waals surface area (Å²) in [6.07, 6.45) is 0. The highest BCUT2D eigenvalue weighted by Crippen LogP contribution is 2.30. The van der Waals surface area contributed by atoms with Gasteiger partial charge in [-0.15, -0.1) is 12.4 Å². The number of thiazole rings is 1. The number of aromatic nitrogens is 1. The summed E-state index contributed by atoms with van der Waals surface area (Å²) in [6, 6.07) is 12.3.